The number of hydrogen-bond acceptors (Lipinski definition) is 2. The molecule has 78 valence electrons. The Morgan fingerprint density at radius 3 is 2.15 bits per heavy atom. The van der Waals surface area contributed by atoms with Crippen LogP contribution >= 0.6 is 0 Å². The molecule has 0 unspecified atom stereocenters. The van der Waals surface area contributed by atoms with Crippen LogP contribution in [-0.4, -0.2) is 17.5 Å². The van der Waals surface area contributed by atoms with E-state index in [1.807, 2.05) is 13.8 Å². The zero-order valence-corrected chi connectivity index (χ0v) is 9.18. The zero-order valence-electron chi connectivity index (χ0n) is 9.18. The zero-order chi connectivity index (χ0) is 10.5. The van der Waals surface area contributed by atoms with E-state index >= 15 is 0 Å². The first-order valence-corrected chi connectivity index (χ1v) is 5.06. The largest absolute Gasteiger partial charge is 0.350 e. The lowest BCUT2D eigenvalue weighted by Gasteiger charge is -2.29. The highest BCUT2D eigenvalue weighted by molar-refractivity contribution is 5.82. The minimum atomic E-state index is -0.363. The van der Waals surface area contributed by atoms with Gasteiger partial charge in [-0.15, -0.1) is 0 Å². The van der Waals surface area contributed by atoms with E-state index in [2.05, 4.69) is 19.2 Å². The molecule has 0 saturated heterocycles. The van der Waals surface area contributed by atoms with Crippen molar-refractivity contribution in [3.8, 4) is 0 Å². The first kappa shape index (κ1) is 12.4. The molecule has 0 aromatic heterocycles. The molecule has 0 heterocycles. The van der Waals surface area contributed by atoms with Crippen LogP contribution in [0.3, 0.4) is 0 Å². The minimum Gasteiger partial charge on any atom is -0.350 e. The maximum atomic E-state index is 11.5. The van der Waals surface area contributed by atoms with Crippen molar-refractivity contribution >= 4 is 5.91 Å². The van der Waals surface area contributed by atoms with Crippen molar-refractivity contribution in [1.29, 1.82) is 0 Å². The molecule has 0 aromatic carbocycles. The summed E-state index contributed by atoms with van der Waals surface area (Å²) in [7, 11) is 0. The van der Waals surface area contributed by atoms with E-state index in [1.54, 1.807) is 0 Å². The van der Waals surface area contributed by atoms with E-state index in [9.17, 15) is 4.79 Å². The van der Waals surface area contributed by atoms with E-state index < -0.39 is 0 Å². The predicted octanol–water partition coefficient (Wildman–Crippen LogP) is 1.42. The number of rotatable bonds is 5. The molecule has 0 spiro atoms. The molecule has 0 aliphatic rings. The Kier molecular flexibility index (Phi) is 4.99. The summed E-state index contributed by atoms with van der Waals surface area (Å²) in [6, 6.07) is -0.363. The molecule has 1 atom stereocenters. The average Bonchev–Trinajstić information content (AvgIpc) is 2.16. The maximum absolute atomic E-state index is 11.5. The van der Waals surface area contributed by atoms with E-state index in [0.717, 1.165) is 12.8 Å². The summed E-state index contributed by atoms with van der Waals surface area (Å²) in [5.74, 6) is -0.0336. The van der Waals surface area contributed by atoms with Crippen LogP contribution in [-0.2, 0) is 4.79 Å². The second-order valence-electron chi connectivity index (χ2n) is 3.77. The molecule has 1 amide bonds. The SMILES string of the molecule is CC[C@@H](N)C(=O)NC(C)(CC)CC. The van der Waals surface area contributed by atoms with Gasteiger partial charge in [0.25, 0.3) is 0 Å². The van der Waals surface area contributed by atoms with Crippen molar-refractivity contribution in [3.05, 3.63) is 0 Å². The van der Waals surface area contributed by atoms with E-state index in [4.69, 9.17) is 5.73 Å². The molecular weight excluding hydrogens is 164 g/mol. The average molecular weight is 186 g/mol. The summed E-state index contributed by atoms with van der Waals surface area (Å²) < 4.78 is 0. The third-order valence-electron chi connectivity index (χ3n) is 2.76. The van der Waals surface area contributed by atoms with Crippen LogP contribution in [0, 0.1) is 0 Å². The second-order valence-corrected chi connectivity index (χ2v) is 3.77. The number of hydrogen-bond donors (Lipinski definition) is 2. The van der Waals surface area contributed by atoms with Gasteiger partial charge in [-0.1, -0.05) is 20.8 Å². The van der Waals surface area contributed by atoms with Crippen molar-refractivity contribution < 1.29 is 4.79 Å². The van der Waals surface area contributed by atoms with Crippen LogP contribution in [0.15, 0.2) is 0 Å². The number of carbonyl (C=O) groups excluding carboxylic acids is 1. The molecule has 0 aliphatic carbocycles. The Bertz CT molecular complexity index is 164. The van der Waals surface area contributed by atoms with Crippen LogP contribution in [0.1, 0.15) is 47.0 Å². The minimum absolute atomic E-state index is 0.0336. The van der Waals surface area contributed by atoms with Gasteiger partial charge in [0.05, 0.1) is 6.04 Å². The summed E-state index contributed by atoms with van der Waals surface area (Å²) in [6.07, 6.45) is 2.56. The number of carbonyl (C=O) groups is 1. The van der Waals surface area contributed by atoms with Crippen molar-refractivity contribution in [2.24, 2.45) is 5.73 Å². The fourth-order valence-electron chi connectivity index (χ4n) is 1.00. The van der Waals surface area contributed by atoms with Crippen molar-refractivity contribution in [2.45, 2.75) is 58.5 Å². The number of amides is 1. The Morgan fingerprint density at radius 1 is 1.38 bits per heavy atom. The first-order valence-electron chi connectivity index (χ1n) is 5.06. The van der Waals surface area contributed by atoms with Crippen LogP contribution in [0.2, 0.25) is 0 Å². The number of nitrogens with one attached hydrogen (secondary N) is 1. The lowest BCUT2D eigenvalue weighted by molar-refractivity contribution is -0.124. The van der Waals surface area contributed by atoms with Gasteiger partial charge in [-0.2, -0.15) is 0 Å². The van der Waals surface area contributed by atoms with E-state index in [-0.39, 0.29) is 17.5 Å². The summed E-state index contributed by atoms with van der Waals surface area (Å²) >= 11 is 0. The third kappa shape index (κ3) is 3.77. The van der Waals surface area contributed by atoms with Gasteiger partial charge in [0.15, 0.2) is 0 Å². The lowest BCUT2D eigenvalue weighted by atomic mass is 9.95. The Morgan fingerprint density at radius 2 is 1.85 bits per heavy atom. The van der Waals surface area contributed by atoms with Gasteiger partial charge in [-0.3, -0.25) is 4.79 Å². The highest BCUT2D eigenvalue weighted by Gasteiger charge is 2.23. The summed E-state index contributed by atoms with van der Waals surface area (Å²) in [5.41, 5.74) is 5.53. The van der Waals surface area contributed by atoms with Crippen LogP contribution in [0.25, 0.3) is 0 Å². The van der Waals surface area contributed by atoms with Crippen LogP contribution < -0.4 is 11.1 Å². The normalized spacial score (nSPS) is 13.9. The Hall–Kier alpha value is -0.570. The molecule has 0 bridgehead atoms. The monoisotopic (exact) mass is 186 g/mol. The molecule has 0 radical (unpaired) electrons. The molecule has 3 nitrogen and oxygen atoms in total. The Balaban J connectivity index is 4.17. The first-order chi connectivity index (χ1) is 5.99. The third-order valence-corrected chi connectivity index (χ3v) is 2.76. The van der Waals surface area contributed by atoms with Gasteiger partial charge in [0.1, 0.15) is 0 Å². The van der Waals surface area contributed by atoms with Gasteiger partial charge in [-0.25, -0.2) is 0 Å². The van der Waals surface area contributed by atoms with Gasteiger partial charge in [-0.05, 0) is 26.2 Å². The predicted molar refractivity (Wildman–Crippen MR) is 55.4 cm³/mol. The van der Waals surface area contributed by atoms with Crippen molar-refractivity contribution in [3.63, 3.8) is 0 Å². The quantitative estimate of drug-likeness (QED) is 0.682. The van der Waals surface area contributed by atoms with Crippen molar-refractivity contribution in [2.75, 3.05) is 0 Å². The highest BCUT2D eigenvalue weighted by atomic mass is 16.2. The van der Waals surface area contributed by atoms with E-state index in [1.165, 1.54) is 0 Å². The van der Waals surface area contributed by atoms with Gasteiger partial charge in [0.2, 0.25) is 5.91 Å². The van der Waals surface area contributed by atoms with Gasteiger partial charge >= 0.3 is 0 Å². The lowest BCUT2D eigenvalue weighted by Crippen LogP contribution is -2.51. The maximum Gasteiger partial charge on any atom is 0.237 e. The molecule has 0 fully saturated rings. The molecule has 0 aliphatic heterocycles. The van der Waals surface area contributed by atoms with E-state index in [0.29, 0.717) is 6.42 Å². The topological polar surface area (TPSA) is 55.1 Å². The smallest absolute Gasteiger partial charge is 0.237 e. The van der Waals surface area contributed by atoms with Crippen molar-refractivity contribution in [1.82, 2.24) is 5.32 Å². The fourth-order valence-corrected chi connectivity index (χ4v) is 1.00. The highest BCUT2D eigenvalue weighted by Crippen LogP contribution is 2.13. The fraction of sp³-hybridized carbons (Fsp3) is 0.900. The summed E-state index contributed by atoms with van der Waals surface area (Å²) in [5, 5.41) is 2.98. The van der Waals surface area contributed by atoms with Gasteiger partial charge in [0, 0.05) is 5.54 Å². The molecule has 13 heavy (non-hydrogen) atoms. The van der Waals surface area contributed by atoms with Crippen LogP contribution in [0.4, 0.5) is 0 Å². The molecule has 3 heteroatoms. The molecule has 0 aromatic rings. The second kappa shape index (κ2) is 5.22. The Labute approximate surface area is 81.1 Å². The van der Waals surface area contributed by atoms with Gasteiger partial charge < -0.3 is 11.1 Å². The molecular formula is C10H22N2O. The summed E-state index contributed by atoms with van der Waals surface area (Å²) in [4.78, 5) is 11.5. The molecule has 3 N–H and O–H groups in total. The van der Waals surface area contributed by atoms with Crippen LogP contribution in [0.5, 0.6) is 0 Å². The standard InChI is InChI=1S/C10H22N2O/c1-5-8(11)9(13)12-10(4,6-2)7-3/h8H,5-7,11H2,1-4H3,(H,12,13)/t8-/m1/s1. The summed E-state index contributed by atoms with van der Waals surface area (Å²) in [6.45, 7) is 8.11. The molecule has 0 rings (SSSR count). The number of nitrogens with two attached hydrogens (primary N) is 1. The molecule has 0 saturated carbocycles.